The molecule has 134 valence electrons. The van der Waals surface area contributed by atoms with Crippen molar-refractivity contribution in [3.8, 4) is 0 Å². The lowest BCUT2D eigenvalue weighted by Gasteiger charge is -2.19. The largest absolute Gasteiger partial charge is 0.324 e. The van der Waals surface area contributed by atoms with Crippen LogP contribution in [0.25, 0.3) is 0 Å². The summed E-state index contributed by atoms with van der Waals surface area (Å²) in [5.74, 6) is -0.252. The summed E-state index contributed by atoms with van der Waals surface area (Å²) >= 11 is 1.29. The van der Waals surface area contributed by atoms with E-state index in [0.717, 1.165) is 16.8 Å². The van der Waals surface area contributed by atoms with Gasteiger partial charge in [-0.2, -0.15) is 0 Å². The molecule has 25 heavy (non-hydrogen) atoms. The predicted molar refractivity (Wildman–Crippen MR) is 101 cm³/mol. The predicted octanol–water partition coefficient (Wildman–Crippen LogP) is 3.27. The molecule has 1 saturated heterocycles. The Morgan fingerprint density at radius 3 is 2.60 bits per heavy atom. The number of amides is 2. The van der Waals surface area contributed by atoms with Crippen LogP contribution in [0.1, 0.15) is 31.9 Å². The molecule has 1 aliphatic heterocycles. The highest BCUT2D eigenvalue weighted by molar-refractivity contribution is 8.04. The molecule has 0 atom stereocenters. The van der Waals surface area contributed by atoms with Crippen LogP contribution in [0.3, 0.4) is 0 Å². The zero-order valence-corrected chi connectivity index (χ0v) is 16.1. The topological polar surface area (TPSA) is 66.5 Å². The second kappa shape index (κ2) is 7.44. The number of hydrogen-bond acceptors (Lipinski definition) is 4. The molecule has 0 spiro atoms. The first-order chi connectivity index (χ1) is 11.6. The molecule has 0 aromatic heterocycles. The molecule has 1 fully saturated rings. The van der Waals surface area contributed by atoms with Gasteiger partial charge in [0.1, 0.15) is 6.54 Å². The molecular weight excluding hydrogens is 336 g/mol. The number of ketones is 1. The number of thioether (sulfide) groups is 1. The molecule has 6 heteroatoms. The van der Waals surface area contributed by atoms with E-state index in [-0.39, 0.29) is 29.9 Å². The molecule has 0 radical (unpaired) electrons. The molecule has 2 amide bonds. The first kappa shape index (κ1) is 19.2. The van der Waals surface area contributed by atoms with E-state index < -0.39 is 5.41 Å². The summed E-state index contributed by atoms with van der Waals surface area (Å²) in [5.41, 5.74) is 2.30. The number of hydrogen-bond donors (Lipinski definition) is 1. The van der Waals surface area contributed by atoms with Crippen molar-refractivity contribution in [2.45, 2.75) is 34.6 Å². The van der Waals surface area contributed by atoms with Crippen LogP contribution in [0.5, 0.6) is 0 Å². The molecule has 2 rings (SSSR count). The summed E-state index contributed by atoms with van der Waals surface area (Å²) in [7, 11) is 0. The number of rotatable bonds is 4. The lowest BCUT2D eigenvalue weighted by molar-refractivity contribution is -0.129. The van der Waals surface area contributed by atoms with Crippen LogP contribution in [0.2, 0.25) is 0 Å². The fourth-order valence-corrected chi connectivity index (χ4v) is 3.19. The number of nitrogens with one attached hydrogen (secondary N) is 1. The number of nitrogens with zero attached hydrogens (tertiary/aromatic N) is 1. The maximum absolute atomic E-state index is 12.4. The quantitative estimate of drug-likeness (QED) is 0.837. The van der Waals surface area contributed by atoms with Crippen LogP contribution in [0, 0.1) is 19.3 Å². The third kappa shape index (κ3) is 4.72. The van der Waals surface area contributed by atoms with Crippen molar-refractivity contribution in [3.63, 3.8) is 0 Å². The Morgan fingerprint density at radius 1 is 1.28 bits per heavy atom. The number of aryl methyl sites for hydroxylation is 1. The summed E-state index contributed by atoms with van der Waals surface area (Å²) in [5, 5.41) is 3.39. The summed E-state index contributed by atoms with van der Waals surface area (Å²) < 4.78 is 0. The molecule has 1 heterocycles. The number of benzene rings is 1. The molecule has 1 N–H and O–H groups in total. The lowest BCUT2D eigenvalue weighted by atomic mass is 9.91. The fourth-order valence-electron chi connectivity index (χ4n) is 2.25. The van der Waals surface area contributed by atoms with E-state index in [2.05, 4.69) is 5.32 Å². The summed E-state index contributed by atoms with van der Waals surface area (Å²) in [4.78, 5) is 38.1. The van der Waals surface area contributed by atoms with E-state index in [1.165, 1.54) is 22.7 Å². The number of anilines is 1. The minimum Gasteiger partial charge on any atom is -0.324 e. The average molecular weight is 360 g/mol. The highest BCUT2D eigenvalue weighted by Crippen LogP contribution is 2.30. The summed E-state index contributed by atoms with van der Waals surface area (Å²) in [6, 6.07) is 5.69. The average Bonchev–Trinajstić information content (AvgIpc) is 2.84. The monoisotopic (exact) mass is 360 g/mol. The molecule has 1 aliphatic rings. The van der Waals surface area contributed by atoms with Crippen molar-refractivity contribution >= 4 is 35.0 Å². The highest BCUT2D eigenvalue weighted by atomic mass is 32.2. The van der Waals surface area contributed by atoms with E-state index >= 15 is 0 Å². The number of carbonyl (C=O) groups excluding carboxylic acids is 3. The van der Waals surface area contributed by atoms with Gasteiger partial charge in [-0.25, -0.2) is 0 Å². The Bertz CT molecular complexity index is 748. The summed E-state index contributed by atoms with van der Waals surface area (Å²) in [6.45, 7) is 9.30. The van der Waals surface area contributed by atoms with Gasteiger partial charge in [-0.15, -0.1) is 0 Å². The SMILES string of the molecule is Cc1cccc(NC(=O)CN2C(=O)CS/C2=C/C(=O)C(C)(C)C)c1C. The van der Waals surface area contributed by atoms with E-state index in [1.807, 2.05) is 52.8 Å². The lowest BCUT2D eigenvalue weighted by Crippen LogP contribution is -2.34. The van der Waals surface area contributed by atoms with Crippen LogP contribution in [0.15, 0.2) is 29.3 Å². The molecule has 5 nitrogen and oxygen atoms in total. The first-order valence-electron chi connectivity index (χ1n) is 8.15. The number of allylic oxidation sites excluding steroid dienone is 1. The maximum Gasteiger partial charge on any atom is 0.244 e. The zero-order chi connectivity index (χ0) is 18.8. The smallest absolute Gasteiger partial charge is 0.244 e. The highest BCUT2D eigenvalue weighted by Gasteiger charge is 2.30. The van der Waals surface area contributed by atoms with E-state index in [0.29, 0.717) is 5.03 Å². The Morgan fingerprint density at radius 2 is 1.96 bits per heavy atom. The van der Waals surface area contributed by atoms with Gasteiger partial charge in [0.15, 0.2) is 5.78 Å². The third-order valence-corrected chi connectivity index (χ3v) is 5.11. The van der Waals surface area contributed by atoms with Crippen molar-refractivity contribution in [1.29, 1.82) is 0 Å². The van der Waals surface area contributed by atoms with Crippen molar-refractivity contribution in [2.75, 3.05) is 17.6 Å². The van der Waals surface area contributed by atoms with Gasteiger partial charge in [0.25, 0.3) is 0 Å². The Labute approximate surface area is 152 Å². The van der Waals surface area contributed by atoms with Crippen molar-refractivity contribution in [1.82, 2.24) is 4.90 Å². The van der Waals surface area contributed by atoms with Gasteiger partial charge in [0.05, 0.1) is 10.8 Å². The molecular formula is C19H24N2O3S. The van der Waals surface area contributed by atoms with Crippen LogP contribution in [0.4, 0.5) is 5.69 Å². The minimum absolute atomic E-state index is 0.0652. The Hall–Kier alpha value is -2.08. The first-order valence-corrected chi connectivity index (χ1v) is 9.13. The van der Waals surface area contributed by atoms with Gasteiger partial charge in [0.2, 0.25) is 11.8 Å². The van der Waals surface area contributed by atoms with E-state index in [4.69, 9.17) is 0 Å². The maximum atomic E-state index is 12.4. The second-order valence-electron chi connectivity index (χ2n) is 7.16. The van der Waals surface area contributed by atoms with Gasteiger partial charge >= 0.3 is 0 Å². The molecule has 0 aliphatic carbocycles. The zero-order valence-electron chi connectivity index (χ0n) is 15.3. The van der Waals surface area contributed by atoms with Crippen LogP contribution in [-0.2, 0) is 14.4 Å². The molecule has 0 saturated carbocycles. The van der Waals surface area contributed by atoms with Crippen LogP contribution < -0.4 is 5.32 Å². The Kier molecular flexibility index (Phi) is 5.72. The van der Waals surface area contributed by atoms with Gasteiger partial charge in [-0.1, -0.05) is 44.7 Å². The van der Waals surface area contributed by atoms with Crippen LogP contribution in [-0.4, -0.2) is 34.8 Å². The van der Waals surface area contributed by atoms with Crippen molar-refractivity contribution in [2.24, 2.45) is 5.41 Å². The van der Waals surface area contributed by atoms with E-state index in [9.17, 15) is 14.4 Å². The van der Waals surface area contributed by atoms with Crippen molar-refractivity contribution < 1.29 is 14.4 Å². The third-order valence-electron chi connectivity index (χ3n) is 4.08. The van der Waals surface area contributed by atoms with Crippen molar-refractivity contribution in [3.05, 3.63) is 40.4 Å². The molecule has 1 aromatic carbocycles. The van der Waals surface area contributed by atoms with Gasteiger partial charge in [-0.05, 0) is 31.0 Å². The van der Waals surface area contributed by atoms with Gasteiger partial charge in [0, 0.05) is 17.2 Å². The molecule has 0 unspecified atom stereocenters. The van der Waals surface area contributed by atoms with Gasteiger partial charge in [-0.3, -0.25) is 19.3 Å². The normalized spacial score (nSPS) is 16.4. The second-order valence-corrected chi connectivity index (χ2v) is 8.16. The Balaban J connectivity index is 2.12. The van der Waals surface area contributed by atoms with E-state index in [1.54, 1.807) is 0 Å². The number of carbonyl (C=O) groups is 3. The minimum atomic E-state index is -0.522. The molecule has 1 aromatic rings. The standard InChI is InChI=1S/C19H24N2O3S/c1-12-7-6-8-14(13(12)2)20-16(23)10-21-17(24)11-25-18(21)9-15(22)19(3,4)5/h6-9H,10-11H2,1-5H3,(H,20,23)/b18-9+. The van der Waals surface area contributed by atoms with Gasteiger partial charge < -0.3 is 5.32 Å². The fraction of sp³-hybridized carbons (Fsp3) is 0.421. The van der Waals surface area contributed by atoms with Crippen LogP contribution >= 0.6 is 11.8 Å². The molecule has 0 bridgehead atoms. The summed E-state index contributed by atoms with van der Waals surface area (Å²) in [6.07, 6.45) is 1.47.